The molecule has 0 aliphatic carbocycles. The molecule has 2 aromatic carbocycles. The zero-order valence-electron chi connectivity index (χ0n) is 19.8. The monoisotopic (exact) mass is 460 g/mol. The fourth-order valence-corrected chi connectivity index (χ4v) is 5.71. The van der Waals surface area contributed by atoms with E-state index in [0.29, 0.717) is 24.6 Å². The molecule has 33 heavy (non-hydrogen) atoms. The van der Waals surface area contributed by atoms with Gasteiger partial charge in [-0.3, -0.25) is 9.59 Å². The van der Waals surface area contributed by atoms with Crippen molar-refractivity contribution in [3.8, 4) is 0 Å². The molecular weight excluding hydrogens is 428 g/mol. The molecule has 0 saturated heterocycles. The highest BCUT2D eigenvalue weighted by molar-refractivity contribution is 7.10. The minimum Gasteiger partial charge on any atom is -0.329 e. The molecule has 0 bridgehead atoms. The Bertz CT molecular complexity index is 1120. The van der Waals surface area contributed by atoms with Crippen molar-refractivity contribution >= 4 is 28.8 Å². The van der Waals surface area contributed by atoms with Gasteiger partial charge in [-0.05, 0) is 54.0 Å². The van der Waals surface area contributed by atoms with E-state index < -0.39 is 5.92 Å². The Kier molecular flexibility index (Phi) is 6.99. The molecule has 172 valence electrons. The number of carbonyl (C=O) groups excluding carboxylic acids is 2. The first kappa shape index (κ1) is 23.2. The van der Waals surface area contributed by atoms with Crippen LogP contribution in [-0.2, 0) is 4.79 Å². The van der Waals surface area contributed by atoms with E-state index in [2.05, 4.69) is 26.8 Å². The van der Waals surface area contributed by atoms with Gasteiger partial charge in [0, 0.05) is 29.2 Å². The van der Waals surface area contributed by atoms with Crippen molar-refractivity contribution in [3.05, 3.63) is 87.6 Å². The molecule has 0 spiro atoms. The standard InChI is InChI=1S/C28H32N2O2S/c1-5-16-29(23-14-9-6-11-20(23)4)28(32)25-21-12-7-8-13-22(21)27(31)30(18-19(2)3)26(25)24-15-10-17-33-24/h6-15,17,19,25-26H,5,16,18H2,1-4H3/t25-,26-/m1/s1. The van der Waals surface area contributed by atoms with Gasteiger partial charge < -0.3 is 9.80 Å². The topological polar surface area (TPSA) is 40.6 Å². The maximum atomic E-state index is 14.4. The van der Waals surface area contributed by atoms with Crippen LogP contribution in [-0.4, -0.2) is 29.8 Å². The van der Waals surface area contributed by atoms with Gasteiger partial charge in [-0.1, -0.05) is 63.2 Å². The number of benzene rings is 2. The highest BCUT2D eigenvalue weighted by atomic mass is 32.1. The fraction of sp³-hybridized carbons (Fsp3) is 0.357. The van der Waals surface area contributed by atoms with E-state index in [1.165, 1.54) is 0 Å². The molecule has 1 aliphatic rings. The van der Waals surface area contributed by atoms with Crippen molar-refractivity contribution in [1.29, 1.82) is 0 Å². The number of thiophene rings is 1. The summed E-state index contributed by atoms with van der Waals surface area (Å²) >= 11 is 1.62. The van der Waals surface area contributed by atoms with Gasteiger partial charge in [-0.25, -0.2) is 0 Å². The number of carbonyl (C=O) groups is 2. The predicted molar refractivity (Wildman–Crippen MR) is 136 cm³/mol. The zero-order chi connectivity index (χ0) is 23.5. The number of rotatable bonds is 7. The Balaban J connectivity index is 1.90. The quantitative estimate of drug-likeness (QED) is 0.407. The van der Waals surface area contributed by atoms with Gasteiger partial charge in [-0.2, -0.15) is 0 Å². The summed E-state index contributed by atoms with van der Waals surface area (Å²) in [5.41, 5.74) is 3.50. The lowest BCUT2D eigenvalue weighted by Gasteiger charge is -2.43. The van der Waals surface area contributed by atoms with E-state index in [1.54, 1.807) is 11.3 Å². The Hall–Kier alpha value is -2.92. The van der Waals surface area contributed by atoms with Gasteiger partial charge in [0.05, 0.1) is 12.0 Å². The molecule has 5 heteroatoms. The molecule has 0 unspecified atom stereocenters. The summed E-state index contributed by atoms with van der Waals surface area (Å²) in [5, 5.41) is 2.03. The van der Waals surface area contributed by atoms with Crippen LogP contribution < -0.4 is 4.90 Å². The summed E-state index contributed by atoms with van der Waals surface area (Å²) in [6.07, 6.45) is 0.854. The van der Waals surface area contributed by atoms with Gasteiger partial charge >= 0.3 is 0 Å². The molecule has 2 heterocycles. The first-order valence-electron chi connectivity index (χ1n) is 11.7. The van der Waals surface area contributed by atoms with Crippen LogP contribution in [0.1, 0.15) is 65.5 Å². The number of fused-ring (bicyclic) bond motifs is 1. The highest BCUT2D eigenvalue weighted by Gasteiger charge is 2.46. The average molecular weight is 461 g/mol. The highest BCUT2D eigenvalue weighted by Crippen LogP contribution is 2.46. The van der Waals surface area contributed by atoms with Crippen LogP contribution in [0.5, 0.6) is 0 Å². The maximum Gasteiger partial charge on any atom is 0.254 e. The van der Waals surface area contributed by atoms with E-state index in [4.69, 9.17) is 0 Å². The minimum absolute atomic E-state index is 0.0136. The van der Waals surface area contributed by atoms with Crippen LogP contribution in [0, 0.1) is 12.8 Å². The number of aryl methyl sites for hydroxylation is 1. The van der Waals surface area contributed by atoms with Crippen molar-refractivity contribution in [2.45, 2.75) is 46.1 Å². The van der Waals surface area contributed by atoms with Crippen molar-refractivity contribution in [2.75, 3.05) is 18.0 Å². The lowest BCUT2D eigenvalue weighted by molar-refractivity contribution is -0.121. The predicted octanol–water partition coefficient (Wildman–Crippen LogP) is 6.44. The summed E-state index contributed by atoms with van der Waals surface area (Å²) in [5.74, 6) is -0.0964. The first-order chi connectivity index (χ1) is 15.9. The molecule has 2 atom stereocenters. The molecule has 4 nitrogen and oxygen atoms in total. The molecule has 0 saturated carbocycles. The molecule has 0 N–H and O–H groups in total. The SMILES string of the molecule is CCCN(C(=O)[C@@H]1c2ccccc2C(=O)N(CC(C)C)[C@@H]1c1cccs1)c1ccccc1C. The smallest absolute Gasteiger partial charge is 0.254 e. The number of anilines is 1. The molecule has 1 aliphatic heterocycles. The van der Waals surface area contributed by atoms with Gasteiger partial charge in [0.25, 0.3) is 5.91 Å². The number of hydrogen-bond acceptors (Lipinski definition) is 3. The van der Waals surface area contributed by atoms with E-state index in [0.717, 1.165) is 28.1 Å². The Labute approximate surface area is 200 Å². The third-order valence-corrected chi connectivity index (χ3v) is 7.16. The van der Waals surface area contributed by atoms with Crippen LogP contribution in [0.2, 0.25) is 0 Å². The molecule has 0 fully saturated rings. The Morgan fingerprint density at radius 1 is 1.06 bits per heavy atom. The van der Waals surface area contributed by atoms with Gasteiger partial charge in [0.1, 0.15) is 0 Å². The van der Waals surface area contributed by atoms with Gasteiger partial charge in [-0.15, -0.1) is 11.3 Å². The minimum atomic E-state index is -0.456. The second-order valence-electron chi connectivity index (χ2n) is 9.15. The van der Waals surface area contributed by atoms with Gasteiger partial charge in [0.15, 0.2) is 0 Å². The molecular formula is C28H32N2O2S. The summed E-state index contributed by atoms with van der Waals surface area (Å²) < 4.78 is 0. The number of para-hydroxylation sites is 1. The second kappa shape index (κ2) is 9.92. The molecule has 3 aromatic rings. The summed E-state index contributed by atoms with van der Waals surface area (Å²) in [6, 6.07) is 19.5. The van der Waals surface area contributed by atoms with Crippen LogP contribution in [0.15, 0.2) is 66.0 Å². The number of nitrogens with zero attached hydrogens (tertiary/aromatic N) is 2. The third-order valence-electron chi connectivity index (χ3n) is 6.22. The lowest BCUT2D eigenvalue weighted by atomic mass is 9.80. The van der Waals surface area contributed by atoms with E-state index in [1.807, 2.05) is 76.7 Å². The first-order valence-corrected chi connectivity index (χ1v) is 12.6. The van der Waals surface area contributed by atoms with Crippen molar-refractivity contribution in [2.24, 2.45) is 5.92 Å². The van der Waals surface area contributed by atoms with Gasteiger partial charge in [0.2, 0.25) is 5.91 Å². The van der Waals surface area contributed by atoms with Crippen LogP contribution in [0.25, 0.3) is 0 Å². The summed E-state index contributed by atoms with van der Waals surface area (Å²) in [7, 11) is 0. The lowest BCUT2D eigenvalue weighted by Crippen LogP contribution is -2.49. The fourth-order valence-electron chi connectivity index (χ4n) is 4.84. The van der Waals surface area contributed by atoms with Crippen molar-refractivity contribution in [3.63, 3.8) is 0 Å². The van der Waals surface area contributed by atoms with E-state index in [9.17, 15) is 9.59 Å². The van der Waals surface area contributed by atoms with Crippen LogP contribution in [0.3, 0.4) is 0 Å². The number of hydrogen-bond donors (Lipinski definition) is 0. The largest absolute Gasteiger partial charge is 0.329 e. The zero-order valence-corrected chi connectivity index (χ0v) is 20.6. The van der Waals surface area contributed by atoms with E-state index >= 15 is 0 Å². The van der Waals surface area contributed by atoms with E-state index in [-0.39, 0.29) is 17.9 Å². The third kappa shape index (κ3) is 4.47. The maximum absolute atomic E-state index is 14.4. The molecule has 1 aromatic heterocycles. The van der Waals surface area contributed by atoms with Crippen molar-refractivity contribution < 1.29 is 9.59 Å². The number of amides is 2. The normalized spacial score (nSPS) is 17.8. The Morgan fingerprint density at radius 2 is 1.79 bits per heavy atom. The second-order valence-corrected chi connectivity index (χ2v) is 10.1. The van der Waals surface area contributed by atoms with Crippen LogP contribution in [0.4, 0.5) is 5.69 Å². The molecule has 4 rings (SSSR count). The molecule has 2 amide bonds. The van der Waals surface area contributed by atoms with Crippen LogP contribution >= 0.6 is 11.3 Å². The van der Waals surface area contributed by atoms with Crippen molar-refractivity contribution in [1.82, 2.24) is 4.90 Å². The summed E-state index contributed by atoms with van der Waals surface area (Å²) in [4.78, 5) is 33.0. The summed E-state index contributed by atoms with van der Waals surface area (Å²) in [6.45, 7) is 9.62. The molecule has 0 radical (unpaired) electrons. The Morgan fingerprint density at radius 3 is 2.45 bits per heavy atom. The average Bonchev–Trinajstić information content (AvgIpc) is 3.33.